The Morgan fingerprint density at radius 2 is 1.94 bits per heavy atom. The predicted molar refractivity (Wildman–Crippen MR) is 127 cm³/mol. The van der Waals surface area contributed by atoms with Gasteiger partial charge in [0.05, 0.1) is 19.5 Å². The number of nitrogen functional groups attached to an aromatic ring is 1. The zero-order valence-electron chi connectivity index (χ0n) is 19.7. The lowest BCUT2D eigenvalue weighted by atomic mass is 10.3. The van der Waals surface area contributed by atoms with Crippen LogP contribution in [0, 0.1) is 0 Å². The number of rotatable bonds is 14. The minimum Gasteiger partial charge on any atom is -0.431 e. The number of imidazole rings is 1. The van der Waals surface area contributed by atoms with E-state index in [1.807, 2.05) is 0 Å². The fraction of sp³-hybridized carbons (Fsp3) is 0.429. The van der Waals surface area contributed by atoms with E-state index in [9.17, 15) is 18.1 Å². The Morgan fingerprint density at radius 3 is 2.64 bits per heavy atom. The second-order valence-electron chi connectivity index (χ2n) is 7.92. The highest BCUT2D eigenvalue weighted by molar-refractivity contribution is 7.57. The van der Waals surface area contributed by atoms with Gasteiger partial charge in [0.25, 0.3) is 0 Å². The van der Waals surface area contributed by atoms with E-state index in [4.69, 9.17) is 15.0 Å². The van der Waals surface area contributed by atoms with E-state index in [2.05, 4.69) is 30.1 Å². The van der Waals surface area contributed by atoms with Gasteiger partial charge in [0.15, 0.2) is 11.5 Å². The van der Waals surface area contributed by atoms with Gasteiger partial charge >= 0.3 is 14.1 Å². The molecule has 0 spiro atoms. The van der Waals surface area contributed by atoms with Crippen molar-refractivity contribution in [3.63, 3.8) is 0 Å². The molecule has 0 radical (unpaired) electrons. The Hall–Kier alpha value is -3.19. The Kier molecular flexibility index (Phi) is 9.65. The number of nitrogens with zero attached hydrogens (tertiary/aromatic N) is 4. The number of fused-ring (bicyclic) bond motifs is 1. The van der Waals surface area contributed by atoms with Crippen LogP contribution < -0.4 is 20.7 Å². The van der Waals surface area contributed by atoms with Gasteiger partial charge in [-0.2, -0.15) is 8.78 Å². The van der Waals surface area contributed by atoms with Crippen LogP contribution in [0.4, 0.5) is 14.6 Å². The third-order valence-electron chi connectivity index (χ3n) is 4.65. The van der Waals surface area contributed by atoms with Gasteiger partial charge in [-0.15, -0.1) is 0 Å². The van der Waals surface area contributed by atoms with Gasteiger partial charge in [0.1, 0.15) is 30.0 Å². The first kappa shape index (κ1) is 27.4. The molecule has 36 heavy (non-hydrogen) atoms. The van der Waals surface area contributed by atoms with Crippen molar-refractivity contribution in [1.29, 1.82) is 0 Å². The molecule has 0 fully saturated rings. The van der Waals surface area contributed by atoms with Gasteiger partial charge in [-0.3, -0.25) is 9.36 Å². The second-order valence-corrected chi connectivity index (χ2v) is 9.97. The van der Waals surface area contributed by atoms with E-state index in [0.717, 1.165) is 0 Å². The Balaban J connectivity index is 1.71. The molecule has 3 aromatic rings. The summed E-state index contributed by atoms with van der Waals surface area (Å²) in [6, 6.07) is 6.52. The fourth-order valence-electron chi connectivity index (χ4n) is 3.11. The molecule has 0 bridgehead atoms. The van der Waals surface area contributed by atoms with E-state index in [1.165, 1.54) is 12.7 Å². The maximum absolute atomic E-state index is 13.7. The third-order valence-corrected chi connectivity index (χ3v) is 6.39. The summed E-state index contributed by atoms with van der Waals surface area (Å²) in [5.74, 6) is -0.200. The molecule has 1 amide bonds. The predicted octanol–water partition coefficient (Wildman–Crippen LogP) is 2.38. The van der Waals surface area contributed by atoms with Crippen LogP contribution in [0.3, 0.4) is 0 Å². The maximum atomic E-state index is 13.7. The van der Waals surface area contributed by atoms with Crippen molar-refractivity contribution >= 4 is 30.4 Å². The third kappa shape index (κ3) is 7.92. The highest BCUT2D eigenvalue weighted by Gasteiger charge is 2.33. The summed E-state index contributed by atoms with van der Waals surface area (Å²) in [5.41, 5.74) is 6.73. The number of alkyl halides is 2. The first-order chi connectivity index (χ1) is 17.2. The number of hydrogen-bond acceptors (Lipinski definition) is 9. The van der Waals surface area contributed by atoms with E-state index in [1.54, 1.807) is 48.7 Å². The number of aromatic nitrogens is 4. The molecule has 15 heteroatoms. The summed E-state index contributed by atoms with van der Waals surface area (Å²) in [5, 5.41) is 5.14. The van der Waals surface area contributed by atoms with Crippen LogP contribution in [0.2, 0.25) is 0 Å². The van der Waals surface area contributed by atoms with Crippen molar-refractivity contribution in [2.24, 2.45) is 0 Å². The summed E-state index contributed by atoms with van der Waals surface area (Å²) >= 11 is 0. The van der Waals surface area contributed by atoms with Crippen molar-refractivity contribution in [3.05, 3.63) is 43.0 Å². The summed E-state index contributed by atoms with van der Waals surface area (Å²) in [6.45, 7) is -0.107. The number of nitrogens with one attached hydrogen (secondary N) is 2. The number of carbonyl (C=O) groups is 1. The van der Waals surface area contributed by atoms with Crippen LogP contribution in [-0.4, -0.2) is 63.7 Å². The van der Waals surface area contributed by atoms with Gasteiger partial charge in [-0.05, 0) is 26.0 Å². The van der Waals surface area contributed by atoms with Crippen LogP contribution in [0.25, 0.3) is 11.2 Å². The lowest BCUT2D eigenvalue weighted by Crippen LogP contribution is -2.48. The van der Waals surface area contributed by atoms with Crippen LogP contribution in [-0.2, 0) is 25.4 Å². The van der Waals surface area contributed by atoms with E-state index in [-0.39, 0.29) is 30.8 Å². The van der Waals surface area contributed by atoms with Crippen molar-refractivity contribution in [1.82, 2.24) is 29.9 Å². The first-order valence-corrected chi connectivity index (χ1v) is 12.8. The lowest BCUT2D eigenvalue weighted by molar-refractivity contribution is -0.143. The summed E-state index contributed by atoms with van der Waals surface area (Å²) in [6.07, 6.45) is 2.36. The van der Waals surface area contributed by atoms with Gasteiger partial charge < -0.3 is 29.6 Å². The SMILES string of the molecule is CC(C)NC(=O)C(COC(F)F)NP(=O)(COCCn1cnc2c(N)ncnc21)Oc1ccccc1. The molecule has 2 heterocycles. The smallest absolute Gasteiger partial charge is 0.345 e. The van der Waals surface area contributed by atoms with Crippen molar-refractivity contribution in [3.8, 4) is 5.75 Å². The molecule has 3 rings (SSSR count). The molecule has 12 nitrogen and oxygen atoms in total. The summed E-state index contributed by atoms with van der Waals surface area (Å²) in [7, 11) is -3.95. The zero-order chi connectivity index (χ0) is 26.1. The maximum Gasteiger partial charge on any atom is 0.345 e. The second kappa shape index (κ2) is 12.7. The molecular formula is C21H28F2N7O5P. The molecule has 0 saturated carbocycles. The first-order valence-electron chi connectivity index (χ1n) is 11.0. The topological polar surface area (TPSA) is 156 Å². The van der Waals surface area contributed by atoms with E-state index in [0.29, 0.717) is 11.2 Å². The standard InChI is InChI=1S/C21H28F2N7O5P/c1-14(2)28-20(31)16(10-34-21(22)23)29-36(32,35-15-6-4-3-5-7-15)13-33-9-8-30-12-27-17-18(24)25-11-26-19(17)30/h3-7,11-12,14,16,21H,8-10,13H2,1-2H3,(H,28,31)(H,29,32)(H2,24,25,26). The van der Waals surface area contributed by atoms with E-state index >= 15 is 0 Å². The molecular weight excluding hydrogens is 499 g/mol. The molecule has 2 atom stereocenters. The van der Waals surface area contributed by atoms with Crippen LogP contribution in [0.5, 0.6) is 5.75 Å². The Morgan fingerprint density at radius 1 is 1.19 bits per heavy atom. The number of benzene rings is 1. The van der Waals surface area contributed by atoms with Gasteiger partial charge in [-0.1, -0.05) is 18.2 Å². The van der Waals surface area contributed by atoms with Crippen LogP contribution >= 0.6 is 7.52 Å². The summed E-state index contributed by atoms with van der Waals surface area (Å²) in [4.78, 5) is 24.8. The highest BCUT2D eigenvalue weighted by atomic mass is 31.2. The van der Waals surface area contributed by atoms with Crippen LogP contribution in [0.15, 0.2) is 43.0 Å². The normalized spacial score (nSPS) is 14.2. The number of anilines is 1. The average Bonchev–Trinajstić information content (AvgIpc) is 3.24. The average molecular weight is 527 g/mol. The number of hydrogen-bond donors (Lipinski definition) is 3. The monoisotopic (exact) mass is 527 g/mol. The number of para-hydroxylation sites is 1. The minimum absolute atomic E-state index is 0.0651. The molecule has 196 valence electrons. The molecule has 0 aliphatic carbocycles. The Bertz CT molecular complexity index is 1180. The molecule has 2 unspecified atom stereocenters. The number of carbonyl (C=O) groups excluding carboxylic acids is 1. The lowest BCUT2D eigenvalue weighted by Gasteiger charge is -2.26. The van der Waals surface area contributed by atoms with Gasteiger partial charge in [0.2, 0.25) is 5.91 Å². The minimum atomic E-state index is -3.95. The van der Waals surface area contributed by atoms with Crippen molar-refractivity contribution in [2.45, 2.75) is 39.1 Å². The molecule has 0 aliphatic rings. The number of ether oxygens (including phenoxy) is 2. The highest BCUT2D eigenvalue weighted by Crippen LogP contribution is 2.43. The summed E-state index contributed by atoms with van der Waals surface area (Å²) < 4.78 is 56.4. The molecule has 4 N–H and O–H groups in total. The van der Waals surface area contributed by atoms with Gasteiger partial charge in [0, 0.05) is 12.6 Å². The van der Waals surface area contributed by atoms with E-state index < -0.39 is 39.0 Å². The largest absolute Gasteiger partial charge is 0.431 e. The molecule has 2 aromatic heterocycles. The number of halogens is 2. The quantitative estimate of drug-likeness (QED) is 0.210. The van der Waals surface area contributed by atoms with Crippen molar-refractivity contribution < 1.29 is 32.1 Å². The molecule has 1 aromatic carbocycles. The van der Waals surface area contributed by atoms with Crippen molar-refractivity contribution in [2.75, 3.05) is 25.3 Å². The van der Waals surface area contributed by atoms with Crippen LogP contribution in [0.1, 0.15) is 13.8 Å². The Labute approximate surface area is 206 Å². The zero-order valence-corrected chi connectivity index (χ0v) is 20.6. The van der Waals surface area contributed by atoms with Gasteiger partial charge in [-0.25, -0.2) is 20.0 Å². The fourth-order valence-corrected chi connectivity index (χ4v) is 4.79. The molecule has 0 saturated heterocycles. The molecule has 0 aliphatic heterocycles. The number of nitrogens with two attached hydrogens (primary N) is 1. The number of amides is 1.